The maximum Gasteiger partial charge on any atom is 0.310 e. The molecule has 0 saturated heterocycles. The molecule has 1 fully saturated rings. The topological polar surface area (TPSA) is 55.4 Å². The summed E-state index contributed by atoms with van der Waals surface area (Å²) in [7, 11) is 0. The zero-order valence-corrected chi connectivity index (χ0v) is 13.7. The highest BCUT2D eigenvalue weighted by Crippen LogP contribution is 2.29. The molecule has 1 N–H and O–H groups in total. The molecule has 5 heteroatoms. The zero-order chi connectivity index (χ0) is 16.8. The van der Waals surface area contributed by atoms with Gasteiger partial charge in [0.05, 0.1) is 6.42 Å². The summed E-state index contributed by atoms with van der Waals surface area (Å²) >= 11 is 0. The molecule has 0 aromatic heterocycles. The van der Waals surface area contributed by atoms with Crippen LogP contribution in [-0.2, 0) is 20.7 Å². The Morgan fingerprint density at radius 1 is 1.22 bits per heavy atom. The van der Waals surface area contributed by atoms with E-state index < -0.39 is 5.97 Å². The summed E-state index contributed by atoms with van der Waals surface area (Å²) in [6.07, 6.45) is 3.31. The average Bonchev–Trinajstić information content (AvgIpc) is 2.52. The van der Waals surface area contributed by atoms with Gasteiger partial charge in [0.1, 0.15) is 5.82 Å². The number of esters is 1. The molecule has 0 spiro atoms. The van der Waals surface area contributed by atoms with E-state index in [1.165, 1.54) is 30.7 Å². The minimum Gasteiger partial charge on any atom is -0.455 e. The van der Waals surface area contributed by atoms with Crippen LogP contribution in [0.15, 0.2) is 24.3 Å². The number of carbonyl (C=O) groups excluding carboxylic acids is 2. The smallest absolute Gasteiger partial charge is 0.310 e. The Morgan fingerprint density at radius 2 is 1.91 bits per heavy atom. The van der Waals surface area contributed by atoms with Crippen LogP contribution in [-0.4, -0.2) is 24.5 Å². The molecule has 3 atom stereocenters. The van der Waals surface area contributed by atoms with Gasteiger partial charge < -0.3 is 10.1 Å². The Labute approximate surface area is 136 Å². The first kappa shape index (κ1) is 17.4. The Bertz CT molecular complexity index is 544. The fourth-order valence-corrected chi connectivity index (χ4v) is 3.00. The van der Waals surface area contributed by atoms with Crippen molar-refractivity contribution in [3.05, 3.63) is 35.6 Å². The Morgan fingerprint density at radius 3 is 2.61 bits per heavy atom. The average molecular weight is 321 g/mol. The van der Waals surface area contributed by atoms with Crippen LogP contribution in [0.2, 0.25) is 0 Å². The molecule has 0 heterocycles. The number of ether oxygens (including phenoxy) is 1. The quantitative estimate of drug-likeness (QED) is 0.849. The standard InChI is InChI=1S/C18H24FNO3/c1-12-4-3-5-16(13(12)2)20-17(21)11-23-18(22)10-14-6-8-15(19)9-7-14/h6-9,12-13,16H,3-5,10-11H2,1-2H3,(H,20,21)/t12-,13+,16-/m0/s1. The highest BCUT2D eigenvalue weighted by molar-refractivity contribution is 5.81. The van der Waals surface area contributed by atoms with Crippen molar-refractivity contribution in [1.82, 2.24) is 5.32 Å². The number of amides is 1. The summed E-state index contributed by atoms with van der Waals surface area (Å²) < 4.78 is 17.8. The van der Waals surface area contributed by atoms with Gasteiger partial charge in [-0.05, 0) is 36.0 Å². The summed E-state index contributed by atoms with van der Waals surface area (Å²) in [5, 5.41) is 2.96. The van der Waals surface area contributed by atoms with E-state index >= 15 is 0 Å². The molecule has 0 aliphatic heterocycles. The lowest BCUT2D eigenvalue weighted by Crippen LogP contribution is -2.45. The fourth-order valence-electron chi connectivity index (χ4n) is 3.00. The van der Waals surface area contributed by atoms with Crippen LogP contribution in [0.25, 0.3) is 0 Å². The van der Waals surface area contributed by atoms with Crippen molar-refractivity contribution in [2.24, 2.45) is 11.8 Å². The fraction of sp³-hybridized carbons (Fsp3) is 0.556. The minimum absolute atomic E-state index is 0.0322. The van der Waals surface area contributed by atoms with E-state index in [2.05, 4.69) is 19.2 Å². The van der Waals surface area contributed by atoms with Crippen molar-refractivity contribution in [1.29, 1.82) is 0 Å². The summed E-state index contributed by atoms with van der Waals surface area (Å²) in [6, 6.07) is 5.80. The lowest BCUT2D eigenvalue weighted by molar-refractivity contribution is -0.148. The van der Waals surface area contributed by atoms with E-state index in [1.54, 1.807) is 0 Å². The number of benzene rings is 1. The third-order valence-corrected chi connectivity index (χ3v) is 4.68. The van der Waals surface area contributed by atoms with Gasteiger partial charge in [0.2, 0.25) is 0 Å². The van der Waals surface area contributed by atoms with E-state index in [-0.39, 0.29) is 30.8 Å². The van der Waals surface area contributed by atoms with Crippen LogP contribution in [0, 0.1) is 17.7 Å². The number of rotatable bonds is 5. The molecule has 0 bridgehead atoms. The lowest BCUT2D eigenvalue weighted by atomic mass is 9.78. The number of hydrogen-bond acceptors (Lipinski definition) is 3. The van der Waals surface area contributed by atoms with Crippen molar-refractivity contribution >= 4 is 11.9 Å². The first-order valence-electron chi connectivity index (χ1n) is 8.15. The zero-order valence-electron chi connectivity index (χ0n) is 13.7. The van der Waals surface area contributed by atoms with Gasteiger partial charge in [0, 0.05) is 6.04 Å². The van der Waals surface area contributed by atoms with Crippen LogP contribution in [0.4, 0.5) is 4.39 Å². The molecule has 126 valence electrons. The van der Waals surface area contributed by atoms with E-state index in [9.17, 15) is 14.0 Å². The first-order valence-corrected chi connectivity index (χ1v) is 8.15. The molecule has 23 heavy (non-hydrogen) atoms. The maximum atomic E-state index is 12.8. The summed E-state index contributed by atoms with van der Waals surface area (Å²) in [5.74, 6) is -0.0738. The van der Waals surface area contributed by atoms with E-state index in [4.69, 9.17) is 4.74 Å². The van der Waals surface area contributed by atoms with Gasteiger partial charge in [-0.1, -0.05) is 38.8 Å². The van der Waals surface area contributed by atoms with E-state index in [0.717, 1.165) is 12.8 Å². The predicted octanol–water partition coefficient (Wildman–Crippen LogP) is 2.85. The normalized spacial score (nSPS) is 24.0. The molecule has 1 saturated carbocycles. The van der Waals surface area contributed by atoms with Crippen molar-refractivity contribution in [2.45, 2.75) is 45.6 Å². The molecule has 1 aromatic carbocycles. The predicted molar refractivity (Wildman–Crippen MR) is 85.2 cm³/mol. The largest absolute Gasteiger partial charge is 0.455 e. The van der Waals surface area contributed by atoms with Crippen LogP contribution in [0.3, 0.4) is 0 Å². The third-order valence-electron chi connectivity index (χ3n) is 4.68. The Kier molecular flexibility index (Phi) is 6.13. The molecule has 4 nitrogen and oxygen atoms in total. The van der Waals surface area contributed by atoms with Gasteiger partial charge >= 0.3 is 5.97 Å². The van der Waals surface area contributed by atoms with Crippen LogP contribution in [0.5, 0.6) is 0 Å². The van der Waals surface area contributed by atoms with Crippen molar-refractivity contribution < 1.29 is 18.7 Å². The van der Waals surface area contributed by atoms with Gasteiger partial charge in [-0.15, -0.1) is 0 Å². The molecule has 0 unspecified atom stereocenters. The summed E-state index contributed by atoms with van der Waals surface area (Å²) in [5.41, 5.74) is 0.659. The monoisotopic (exact) mass is 321 g/mol. The third kappa shape index (κ3) is 5.34. The van der Waals surface area contributed by atoms with Gasteiger partial charge in [-0.25, -0.2) is 4.39 Å². The highest BCUT2D eigenvalue weighted by atomic mass is 19.1. The number of halogens is 1. The second-order valence-corrected chi connectivity index (χ2v) is 6.41. The van der Waals surface area contributed by atoms with Gasteiger partial charge in [0.15, 0.2) is 6.61 Å². The number of hydrogen-bond donors (Lipinski definition) is 1. The second kappa shape index (κ2) is 8.09. The lowest BCUT2D eigenvalue weighted by Gasteiger charge is -2.34. The molecule has 1 aliphatic rings. The van der Waals surface area contributed by atoms with E-state index in [1.807, 2.05) is 0 Å². The van der Waals surface area contributed by atoms with Gasteiger partial charge in [0.25, 0.3) is 5.91 Å². The summed E-state index contributed by atoms with van der Waals surface area (Å²) in [4.78, 5) is 23.6. The number of nitrogens with one attached hydrogen (secondary N) is 1. The first-order chi connectivity index (χ1) is 11.0. The summed E-state index contributed by atoms with van der Waals surface area (Å²) in [6.45, 7) is 4.08. The molecule has 2 rings (SSSR count). The molecular weight excluding hydrogens is 297 g/mol. The molecule has 1 aliphatic carbocycles. The van der Waals surface area contributed by atoms with Crippen molar-refractivity contribution in [3.63, 3.8) is 0 Å². The van der Waals surface area contributed by atoms with Crippen molar-refractivity contribution in [2.75, 3.05) is 6.61 Å². The van der Waals surface area contributed by atoms with E-state index in [0.29, 0.717) is 17.4 Å². The SMILES string of the molecule is C[C@H]1[C@@H](NC(=O)COC(=O)Cc2ccc(F)cc2)CCC[C@@H]1C. The van der Waals surface area contributed by atoms with Gasteiger partial charge in [-0.2, -0.15) is 0 Å². The minimum atomic E-state index is -0.489. The van der Waals surface area contributed by atoms with Crippen LogP contribution >= 0.6 is 0 Å². The number of carbonyl (C=O) groups is 2. The molecule has 1 aromatic rings. The second-order valence-electron chi connectivity index (χ2n) is 6.41. The van der Waals surface area contributed by atoms with Crippen LogP contribution in [0.1, 0.15) is 38.7 Å². The van der Waals surface area contributed by atoms with Crippen LogP contribution < -0.4 is 5.32 Å². The molecule has 0 radical (unpaired) electrons. The Balaban J connectivity index is 1.73. The molecular formula is C18H24FNO3. The maximum absolute atomic E-state index is 12.8. The highest BCUT2D eigenvalue weighted by Gasteiger charge is 2.28. The van der Waals surface area contributed by atoms with Gasteiger partial charge in [-0.3, -0.25) is 9.59 Å². The molecule has 1 amide bonds. The van der Waals surface area contributed by atoms with Crippen molar-refractivity contribution in [3.8, 4) is 0 Å². The Hall–Kier alpha value is -1.91.